The molecule has 0 saturated carbocycles. The van der Waals surface area contributed by atoms with Crippen LogP contribution in [0, 0.1) is 0 Å². The Labute approximate surface area is 90.2 Å². The molecule has 0 amide bonds. The number of aliphatic hydroxyl groups is 2. The quantitative estimate of drug-likeness (QED) is 0.558. The van der Waals surface area contributed by atoms with Crippen LogP contribution in [0.2, 0.25) is 0 Å². The minimum atomic E-state index is -1.21. The summed E-state index contributed by atoms with van der Waals surface area (Å²) in [5.74, 6) is 0. The molecule has 0 radical (unpaired) electrons. The first kappa shape index (κ1) is 12.9. The zero-order valence-corrected chi connectivity index (χ0v) is 9.73. The summed E-state index contributed by atoms with van der Waals surface area (Å²) in [4.78, 5) is 0. The second-order valence-corrected chi connectivity index (χ2v) is 5.28. The summed E-state index contributed by atoms with van der Waals surface area (Å²) in [5, 5.41) is 19.6. The predicted octanol–water partition coefficient (Wildman–Crippen LogP) is -0.403. The summed E-state index contributed by atoms with van der Waals surface area (Å²) in [6, 6.07) is -0.765. The Balaban J connectivity index is 2.65. The van der Waals surface area contributed by atoms with Gasteiger partial charge in [-0.15, -0.1) is 0 Å². The van der Waals surface area contributed by atoms with Crippen LogP contribution < -0.4 is 5.73 Å². The Morgan fingerprint density at radius 2 is 2.00 bits per heavy atom. The molecule has 0 aliphatic carbocycles. The van der Waals surface area contributed by atoms with Gasteiger partial charge in [-0.2, -0.15) is 0 Å². The Morgan fingerprint density at radius 3 is 2.47 bits per heavy atom. The Morgan fingerprint density at radius 1 is 1.47 bits per heavy atom. The van der Waals surface area contributed by atoms with E-state index in [1.165, 1.54) is 6.92 Å². The second kappa shape index (κ2) is 3.99. The normalized spacial score (nSPS) is 43.0. The molecule has 0 spiro atoms. The molecule has 0 bridgehead atoms. The molecular weight excluding hydrogens is 198 g/mol. The van der Waals surface area contributed by atoms with Crippen LogP contribution in [0.5, 0.6) is 0 Å². The van der Waals surface area contributed by atoms with Crippen molar-refractivity contribution in [2.24, 2.45) is 5.73 Å². The highest BCUT2D eigenvalue weighted by Crippen LogP contribution is 2.25. The van der Waals surface area contributed by atoms with Gasteiger partial charge in [0.25, 0.3) is 0 Å². The van der Waals surface area contributed by atoms with Gasteiger partial charge in [0.2, 0.25) is 0 Å². The molecule has 4 atom stereocenters. The van der Waals surface area contributed by atoms with Crippen molar-refractivity contribution in [3.05, 3.63) is 0 Å². The van der Waals surface area contributed by atoms with Gasteiger partial charge in [-0.05, 0) is 27.7 Å². The van der Waals surface area contributed by atoms with Crippen molar-refractivity contribution in [3.8, 4) is 0 Å². The largest absolute Gasteiger partial charge is 0.386 e. The highest BCUT2D eigenvalue weighted by atomic mass is 16.7. The molecule has 0 aromatic rings. The topological polar surface area (TPSA) is 84.9 Å². The minimum absolute atomic E-state index is 0.0615. The van der Waals surface area contributed by atoms with Crippen molar-refractivity contribution in [2.45, 2.75) is 57.3 Å². The summed E-state index contributed by atoms with van der Waals surface area (Å²) in [5.41, 5.74) is 4.07. The molecular formula is C10H21NO4. The molecule has 1 rings (SSSR count). The minimum Gasteiger partial charge on any atom is -0.386 e. The number of aliphatic hydroxyl groups excluding tert-OH is 1. The molecule has 1 fully saturated rings. The molecule has 0 aromatic carbocycles. The van der Waals surface area contributed by atoms with E-state index in [1.807, 2.05) is 20.8 Å². The van der Waals surface area contributed by atoms with Gasteiger partial charge in [-0.3, -0.25) is 0 Å². The third kappa shape index (κ3) is 3.12. The summed E-state index contributed by atoms with van der Waals surface area (Å²) in [7, 11) is 0. The molecule has 5 heteroatoms. The van der Waals surface area contributed by atoms with E-state index in [0.29, 0.717) is 0 Å². The number of rotatable bonds is 1. The van der Waals surface area contributed by atoms with Gasteiger partial charge in [0.1, 0.15) is 11.7 Å². The first-order chi connectivity index (χ1) is 6.63. The predicted molar refractivity (Wildman–Crippen MR) is 55.2 cm³/mol. The maximum Gasteiger partial charge on any atom is 0.185 e. The lowest BCUT2D eigenvalue weighted by Crippen LogP contribution is -2.64. The van der Waals surface area contributed by atoms with Crippen LogP contribution in [-0.2, 0) is 9.47 Å². The Bertz CT molecular complexity index is 224. The average Bonchev–Trinajstić information content (AvgIpc) is 2.05. The average molecular weight is 219 g/mol. The fourth-order valence-corrected chi connectivity index (χ4v) is 1.44. The fourth-order valence-electron chi connectivity index (χ4n) is 1.44. The monoisotopic (exact) mass is 219 g/mol. The van der Waals surface area contributed by atoms with Crippen LogP contribution in [0.1, 0.15) is 27.7 Å². The maximum atomic E-state index is 9.80. The van der Waals surface area contributed by atoms with E-state index in [0.717, 1.165) is 0 Å². The number of hydrogen-bond donors (Lipinski definition) is 3. The molecule has 4 N–H and O–H groups in total. The summed E-state index contributed by atoms with van der Waals surface area (Å²) in [6.45, 7) is 7.18. The summed E-state index contributed by atoms with van der Waals surface area (Å²) < 4.78 is 10.7. The number of hydrogen-bond acceptors (Lipinski definition) is 5. The van der Waals surface area contributed by atoms with Crippen molar-refractivity contribution in [1.29, 1.82) is 0 Å². The van der Waals surface area contributed by atoms with E-state index in [2.05, 4.69) is 0 Å². The Kier molecular flexibility index (Phi) is 3.42. The van der Waals surface area contributed by atoms with Gasteiger partial charge in [0.05, 0.1) is 18.2 Å². The molecule has 15 heavy (non-hydrogen) atoms. The maximum absolute atomic E-state index is 9.80. The van der Waals surface area contributed by atoms with E-state index < -0.39 is 29.6 Å². The zero-order valence-electron chi connectivity index (χ0n) is 9.73. The molecule has 1 heterocycles. The van der Waals surface area contributed by atoms with Crippen LogP contribution in [0.4, 0.5) is 0 Å². The lowest BCUT2D eigenvalue weighted by molar-refractivity contribution is -0.288. The standard InChI is InChI=1S/C10H21NO4/c1-9(2,3)15-8-6(12)7(11)10(4,13)5-14-8/h6-8,12-13H,5,11H2,1-4H3. The van der Waals surface area contributed by atoms with Gasteiger partial charge < -0.3 is 25.4 Å². The smallest absolute Gasteiger partial charge is 0.185 e. The van der Waals surface area contributed by atoms with Gasteiger partial charge in [-0.1, -0.05) is 0 Å². The lowest BCUT2D eigenvalue weighted by Gasteiger charge is -2.43. The molecule has 4 unspecified atom stereocenters. The van der Waals surface area contributed by atoms with Gasteiger partial charge >= 0.3 is 0 Å². The van der Waals surface area contributed by atoms with Crippen LogP contribution in [0.25, 0.3) is 0 Å². The number of ether oxygens (including phenoxy) is 2. The third-order valence-corrected chi connectivity index (χ3v) is 2.37. The van der Waals surface area contributed by atoms with E-state index >= 15 is 0 Å². The first-order valence-electron chi connectivity index (χ1n) is 5.09. The lowest BCUT2D eigenvalue weighted by atomic mass is 9.90. The van der Waals surface area contributed by atoms with Crippen molar-refractivity contribution in [1.82, 2.24) is 0 Å². The van der Waals surface area contributed by atoms with Crippen molar-refractivity contribution in [2.75, 3.05) is 6.61 Å². The van der Waals surface area contributed by atoms with E-state index in [-0.39, 0.29) is 6.61 Å². The Hall–Kier alpha value is -0.200. The van der Waals surface area contributed by atoms with Gasteiger partial charge in [0.15, 0.2) is 6.29 Å². The molecule has 1 saturated heterocycles. The van der Waals surface area contributed by atoms with Crippen molar-refractivity contribution >= 4 is 0 Å². The second-order valence-electron chi connectivity index (χ2n) is 5.28. The van der Waals surface area contributed by atoms with Gasteiger partial charge in [0, 0.05) is 0 Å². The van der Waals surface area contributed by atoms with Crippen LogP contribution in [0.3, 0.4) is 0 Å². The van der Waals surface area contributed by atoms with Crippen LogP contribution in [0.15, 0.2) is 0 Å². The molecule has 90 valence electrons. The number of nitrogens with two attached hydrogens (primary N) is 1. The van der Waals surface area contributed by atoms with E-state index in [1.54, 1.807) is 0 Å². The van der Waals surface area contributed by atoms with E-state index in [9.17, 15) is 10.2 Å². The molecule has 1 aliphatic rings. The fraction of sp³-hybridized carbons (Fsp3) is 1.00. The van der Waals surface area contributed by atoms with E-state index in [4.69, 9.17) is 15.2 Å². The summed E-state index contributed by atoms with van der Waals surface area (Å²) in [6.07, 6.45) is -1.80. The van der Waals surface area contributed by atoms with Crippen molar-refractivity contribution < 1.29 is 19.7 Å². The van der Waals surface area contributed by atoms with Crippen LogP contribution in [-0.4, -0.2) is 46.5 Å². The third-order valence-electron chi connectivity index (χ3n) is 2.37. The molecule has 5 nitrogen and oxygen atoms in total. The molecule has 1 aliphatic heterocycles. The SMILES string of the molecule is CC(C)(C)OC1OCC(C)(O)C(N)C1O. The highest BCUT2D eigenvalue weighted by Gasteiger charge is 2.45. The highest BCUT2D eigenvalue weighted by molar-refractivity contribution is 4.95. The molecule has 0 aromatic heterocycles. The zero-order chi connectivity index (χ0) is 11.9. The van der Waals surface area contributed by atoms with Gasteiger partial charge in [-0.25, -0.2) is 0 Å². The first-order valence-corrected chi connectivity index (χ1v) is 5.09. The van der Waals surface area contributed by atoms with Crippen LogP contribution >= 0.6 is 0 Å². The summed E-state index contributed by atoms with van der Waals surface area (Å²) >= 11 is 0. The van der Waals surface area contributed by atoms with Crippen molar-refractivity contribution in [3.63, 3.8) is 0 Å².